The van der Waals surface area contributed by atoms with Crippen LogP contribution in [-0.2, 0) is 20.9 Å². The first-order chi connectivity index (χ1) is 10.7. The molecule has 0 aromatic heterocycles. The highest BCUT2D eigenvalue weighted by molar-refractivity contribution is 6.02. The zero-order valence-corrected chi connectivity index (χ0v) is 13.8. The molecule has 3 N–H and O–H groups in total. The molecule has 1 fully saturated rings. The van der Waals surface area contributed by atoms with Crippen molar-refractivity contribution in [3.05, 3.63) is 29.8 Å². The number of carbonyl (C=O) groups is 3. The van der Waals surface area contributed by atoms with Crippen LogP contribution in [0, 0.1) is 5.41 Å². The van der Waals surface area contributed by atoms with Gasteiger partial charge in [-0.1, -0.05) is 39.0 Å². The molecule has 3 amide bonds. The topological polar surface area (TPSA) is 92.5 Å². The molecule has 0 saturated carbocycles. The molecule has 6 nitrogen and oxygen atoms in total. The van der Waals surface area contributed by atoms with E-state index in [1.54, 1.807) is 24.3 Å². The number of imide groups is 1. The largest absolute Gasteiger partial charge is 0.324 e. The van der Waals surface area contributed by atoms with Gasteiger partial charge in [0, 0.05) is 18.5 Å². The number of rotatable bonds is 4. The monoisotopic (exact) mass is 317 g/mol. The number of para-hydroxylation sites is 1. The van der Waals surface area contributed by atoms with Crippen LogP contribution in [0.4, 0.5) is 5.69 Å². The molecule has 1 aliphatic heterocycles. The lowest BCUT2D eigenvalue weighted by atomic mass is 9.87. The molecule has 0 aliphatic carbocycles. The molecule has 23 heavy (non-hydrogen) atoms. The van der Waals surface area contributed by atoms with Gasteiger partial charge in [-0.3, -0.25) is 19.3 Å². The minimum atomic E-state index is -0.661. The van der Waals surface area contributed by atoms with Crippen LogP contribution in [0.5, 0.6) is 0 Å². The van der Waals surface area contributed by atoms with Gasteiger partial charge in [-0.25, -0.2) is 0 Å². The van der Waals surface area contributed by atoms with Crippen LogP contribution in [0.15, 0.2) is 24.3 Å². The standard InChI is InChI=1S/C17H23N3O3/c1-17(2,3)15(18)16(23)19-12-7-5-4-6-11(12)10-20-13(21)8-9-14(20)22/h4-7,15H,8-10,18H2,1-3H3,(H,19,23)/t15-/m1/s1. The van der Waals surface area contributed by atoms with Crippen LogP contribution in [0.2, 0.25) is 0 Å². The summed E-state index contributed by atoms with van der Waals surface area (Å²) in [4.78, 5) is 37.0. The Labute approximate surface area is 136 Å². The molecular formula is C17H23N3O3. The van der Waals surface area contributed by atoms with E-state index >= 15 is 0 Å². The molecular weight excluding hydrogens is 294 g/mol. The predicted molar refractivity (Wildman–Crippen MR) is 87.3 cm³/mol. The number of amides is 3. The summed E-state index contributed by atoms with van der Waals surface area (Å²) in [5, 5.41) is 2.81. The van der Waals surface area contributed by atoms with E-state index in [1.165, 1.54) is 4.90 Å². The summed E-state index contributed by atoms with van der Waals surface area (Å²) >= 11 is 0. The van der Waals surface area contributed by atoms with Crippen molar-refractivity contribution in [2.75, 3.05) is 5.32 Å². The van der Waals surface area contributed by atoms with Crippen molar-refractivity contribution in [1.29, 1.82) is 0 Å². The van der Waals surface area contributed by atoms with E-state index in [1.807, 2.05) is 20.8 Å². The fraction of sp³-hybridized carbons (Fsp3) is 0.471. The molecule has 1 saturated heterocycles. The van der Waals surface area contributed by atoms with E-state index in [2.05, 4.69) is 5.32 Å². The molecule has 1 heterocycles. The average molecular weight is 317 g/mol. The van der Waals surface area contributed by atoms with Gasteiger partial charge in [0.05, 0.1) is 12.6 Å². The number of benzene rings is 1. The number of nitrogens with two attached hydrogens (primary N) is 1. The maximum Gasteiger partial charge on any atom is 0.241 e. The van der Waals surface area contributed by atoms with Crippen LogP contribution in [-0.4, -0.2) is 28.7 Å². The lowest BCUT2D eigenvalue weighted by molar-refractivity contribution is -0.139. The van der Waals surface area contributed by atoms with Crippen molar-refractivity contribution in [3.8, 4) is 0 Å². The maximum atomic E-state index is 12.3. The van der Waals surface area contributed by atoms with Crippen LogP contribution in [0.1, 0.15) is 39.2 Å². The SMILES string of the molecule is CC(C)(C)[C@H](N)C(=O)Nc1ccccc1CN1C(=O)CCC1=O. The van der Waals surface area contributed by atoms with Crippen LogP contribution >= 0.6 is 0 Å². The Bertz CT molecular complexity index is 618. The van der Waals surface area contributed by atoms with Crippen molar-refractivity contribution < 1.29 is 14.4 Å². The lowest BCUT2D eigenvalue weighted by Gasteiger charge is -2.26. The molecule has 6 heteroatoms. The van der Waals surface area contributed by atoms with E-state index in [0.29, 0.717) is 11.3 Å². The summed E-state index contributed by atoms with van der Waals surface area (Å²) in [6, 6.07) is 6.46. The van der Waals surface area contributed by atoms with Crippen molar-refractivity contribution in [3.63, 3.8) is 0 Å². The third-order valence-corrected chi connectivity index (χ3v) is 3.97. The average Bonchev–Trinajstić information content (AvgIpc) is 2.79. The fourth-order valence-corrected chi connectivity index (χ4v) is 2.35. The molecule has 1 aliphatic rings. The number of likely N-dealkylation sites (tertiary alicyclic amines) is 1. The van der Waals surface area contributed by atoms with Gasteiger partial charge in [0.1, 0.15) is 0 Å². The number of nitrogens with one attached hydrogen (secondary N) is 1. The van der Waals surface area contributed by atoms with Crippen LogP contribution in [0.25, 0.3) is 0 Å². The van der Waals surface area contributed by atoms with Crippen LogP contribution in [0.3, 0.4) is 0 Å². The second-order valence-electron chi connectivity index (χ2n) is 6.86. The van der Waals surface area contributed by atoms with Gasteiger partial charge < -0.3 is 11.1 Å². The first-order valence-corrected chi connectivity index (χ1v) is 7.67. The fourth-order valence-electron chi connectivity index (χ4n) is 2.35. The summed E-state index contributed by atoms with van der Waals surface area (Å²) in [5.41, 5.74) is 6.90. The number of hydrogen-bond acceptors (Lipinski definition) is 4. The van der Waals surface area contributed by atoms with Gasteiger partial charge in [0.2, 0.25) is 17.7 Å². The Kier molecular flexibility index (Phi) is 4.85. The highest BCUT2D eigenvalue weighted by atomic mass is 16.2. The van der Waals surface area contributed by atoms with Gasteiger partial charge >= 0.3 is 0 Å². The molecule has 1 aromatic rings. The summed E-state index contributed by atoms with van der Waals surface area (Å²) in [6.07, 6.45) is 0.504. The second kappa shape index (κ2) is 6.50. The molecule has 1 atom stereocenters. The Morgan fingerprint density at radius 3 is 2.35 bits per heavy atom. The Hall–Kier alpha value is -2.21. The first-order valence-electron chi connectivity index (χ1n) is 7.67. The maximum absolute atomic E-state index is 12.3. The molecule has 0 spiro atoms. The Morgan fingerprint density at radius 2 is 1.78 bits per heavy atom. The minimum absolute atomic E-state index is 0.166. The number of nitrogens with zero attached hydrogens (tertiary/aromatic N) is 1. The predicted octanol–water partition coefficient (Wildman–Crippen LogP) is 1.65. The summed E-state index contributed by atoms with van der Waals surface area (Å²) in [5.74, 6) is -0.644. The minimum Gasteiger partial charge on any atom is -0.324 e. The third-order valence-electron chi connectivity index (χ3n) is 3.97. The summed E-state index contributed by atoms with van der Waals surface area (Å²) in [6.45, 7) is 5.85. The van der Waals surface area contributed by atoms with Crippen LogP contribution < -0.4 is 11.1 Å². The number of anilines is 1. The van der Waals surface area contributed by atoms with Gasteiger partial charge in [0.25, 0.3) is 0 Å². The third kappa shape index (κ3) is 3.96. The quantitative estimate of drug-likeness (QED) is 0.826. The Morgan fingerprint density at radius 1 is 1.22 bits per heavy atom. The first kappa shape index (κ1) is 17.1. The number of hydrogen-bond donors (Lipinski definition) is 2. The molecule has 0 unspecified atom stereocenters. The molecule has 1 aromatic carbocycles. The second-order valence-corrected chi connectivity index (χ2v) is 6.86. The van der Waals surface area contributed by atoms with Crippen molar-refractivity contribution in [2.24, 2.45) is 11.1 Å². The van der Waals surface area contributed by atoms with E-state index in [9.17, 15) is 14.4 Å². The molecule has 2 rings (SSSR count). The molecule has 0 radical (unpaired) electrons. The van der Waals surface area contributed by atoms with E-state index in [4.69, 9.17) is 5.73 Å². The van der Waals surface area contributed by atoms with Gasteiger partial charge in [0.15, 0.2) is 0 Å². The van der Waals surface area contributed by atoms with E-state index < -0.39 is 6.04 Å². The molecule has 124 valence electrons. The van der Waals surface area contributed by atoms with E-state index in [-0.39, 0.29) is 42.5 Å². The highest BCUT2D eigenvalue weighted by Gasteiger charge is 2.30. The van der Waals surface area contributed by atoms with Gasteiger partial charge in [-0.2, -0.15) is 0 Å². The van der Waals surface area contributed by atoms with Gasteiger partial charge in [-0.15, -0.1) is 0 Å². The normalized spacial score (nSPS) is 16.6. The summed E-state index contributed by atoms with van der Waals surface area (Å²) in [7, 11) is 0. The molecule has 0 bridgehead atoms. The van der Waals surface area contributed by atoms with E-state index in [0.717, 1.165) is 0 Å². The highest BCUT2D eigenvalue weighted by Crippen LogP contribution is 2.23. The number of carbonyl (C=O) groups excluding carboxylic acids is 3. The zero-order valence-electron chi connectivity index (χ0n) is 13.8. The lowest BCUT2D eigenvalue weighted by Crippen LogP contribution is -2.45. The zero-order chi connectivity index (χ0) is 17.2. The van der Waals surface area contributed by atoms with Gasteiger partial charge in [-0.05, 0) is 17.0 Å². The van der Waals surface area contributed by atoms with Crippen molar-refractivity contribution >= 4 is 23.4 Å². The smallest absolute Gasteiger partial charge is 0.241 e. The Balaban J connectivity index is 2.16. The summed E-state index contributed by atoms with van der Waals surface area (Å²) < 4.78 is 0. The van der Waals surface area contributed by atoms with Crippen molar-refractivity contribution in [2.45, 2.75) is 46.2 Å². The van der Waals surface area contributed by atoms with Crippen molar-refractivity contribution in [1.82, 2.24) is 4.90 Å².